The van der Waals surface area contributed by atoms with Gasteiger partial charge >= 0.3 is 0 Å². The van der Waals surface area contributed by atoms with Gasteiger partial charge in [-0.05, 0) is 51.2 Å². The number of halogens is 1. The number of hydrogen-bond acceptors (Lipinski definition) is 2. The zero-order valence-electron chi connectivity index (χ0n) is 16.1. The van der Waals surface area contributed by atoms with E-state index in [1.807, 2.05) is 0 Å². The molecule has 1 atom stereocenters. The molecular weight excluding hydrogens is 425 g/mol. The third-order valence-corrected chi connectivity index (χ3v) is 5.05. The summed E-state index contributed by atoms with van der Waals surface area (Å²) in [5.41, 5.74) is 2.87. The van der Waals surface area contributed by atoms with Crippen LogP contribution in [0.1, 0.15) is 51.2 Å². The standard InChI is InChI=1S/C20H33N3O.HI/c1-5-17(4)23-19(21-6-2)22-15-20(11-13-24-14-12-20)18-10-8-7-9-16(18)3;/h7-10,17H,5-6,11-15H2,1-4H3,(H2,21,22,23);1H. The van der Waals surface area contributed by atoms with Gasteiger partial charge in [0, 0.05) is 31.2 Å². The van der Waals surface area contributed by atoms with Crippen LogP contribution in [-0.4, -0.2) is 38.3 Å². The van der Waals surface area contributed by atoms with Crippen LogP contribution in [0.15, 0.2) is 29.3 Å². The van der Waals surface area contributed by atoms with Crippen molar-refractivity contribution in [3.63, 3.8) is 0 Å². The fourth-order valence-corrected chi connectivity index (χ4v) is 3.33. The molecular formula is C20H34IN3O. The Morgan fingerprint density at radius 3 is 2.52 bits per heavy atom. The fourth-order valence-electron chi connectivity index (χ4n) is 3.33. The second-order valence-electron chi connectivity index (χ2n) is 6.86. The lowest BCUT2D eigenvalue weighted by Gasteiger charge is -2.37. The Hall–Kier alpha value is -0.820. The molecule has 0 aromatic heterocycles. The van der Waals surface area contributed by atoms with E-state index in [4.69, 9.17) is 9.73 Å². The van der Waals surface area contributed by atoms with Crippen molar-refractivity contribution in [3.05, 3.63) is 35.4 Å². The van der Waals surface area contributed by atoms with Gasteiger partial charge in [-0.3, -0.25) is 4.99 Å². The Bertz CT molecular complexity index is 541. The number of nitrogens with zero attached hydrogens (tertiary/aromatic N) is 1. The van der Waals surface area contributed by atoms with Crippen molar-refractivity contribution in [3.8, 4) is 0 Å². The van der Waals surface area contributed by atoms with Gasteiger partial charge in [0.15, 0.2) is 5.96 Å². The highest BCUT2D eigenvalue weighted by atomic mass is 127. The van der Waals surface area contributed by atoms with Crippen LogP contribution in [0.3, 0.4) is 0 Å². The molecule has 0 spiro atoms. The van der Waals surface area contributed by atoms with Gasteiger partial charge in [-0.1, -0.05) is 31.2 Å². The molecule has 4 nitrogen and oxygen atoms in total. The average Bonchev–Trinajstić information content (AvgIpc) is 2.61. The van der Waals surface area contributed by atoms with Crippen molar-refractivity contribution in [1.82, 2.24) is 10.6 Å². The predicted octanol–water partition coefficient (Wildman–Crippen LogP) is 4.01. The van der Waals surface area contributed by atoms with E-state index in [9.17, 15) is 0 Å². The molecule has 1 aliphatic rings. The summed E-state index contributed by atoms with van der Waals surface area (Å²) in [5, 5.41) is 6.88. The van der Waals surface area contributed by atoms with E-state index in [1.54, 1.807) is 0 Å². The largest absolute Gasteiger partial charge is 0.381 e. The first kappa shape index (κ1) is 22.2. The zero-order valence-corrected chi connectivity index (χ0v) is 18.4. The Morgan fingerprint density at radius 2 is 1.92 bits per heavy atom. The normalized spacial score (nSPS) is 18.2. The van der Waals surface area contributed by atoms with Crippen molar-refractivity contribution in [2.45, 2.75) is 58.4 Å². The molecule has 25 heavy (non-hydrogen) atoms. The molecule has 1 unspecified atom stereocenters. The van der Waals surface area contributed by atoms with E-state index in [1.165, 1.54) is 11.1 Å². The van der Waals surface area contributed by atoms with Gasteiger partial charge < -0.3 is 15.4 Å². The van der Waals surface area contributed by atoms with Crippen molar-refractivity contribution in [1.29, 1.82) is 0 Å². The predicted molar refractivity (Wildman–Crippen MR) is 117 cm³/mol. The maximum Gasteiger partial charge on any atom is 0.191 e. The molecule has 2 N–H and O–H groups in total. The molecule has 1 heterocycles. The number of aliphatic imine (C=N–C) groups is 1. The van der Waals surface area contributed by atoms with Crippen LogP contribution < -0.4 is 10.6 Å². The number of nitrogens with one attached hydrogen (secondary N) is 2. The van der Waals surface area contributed by atoms with Crippen molar-refractivity contribution in [2.24, 2.45) is 4.99 Å². The van der Waals surface area contributed by atoms with Gasteiger partial charge in [0.2, 0.25) is 0 Å². The molecule has 2 rings (SSSR count). The second kappa shape index (κ2) is 11.0. The molecule has 1 fully saturated rings. The lowest BCUT2D eigenvalue weighted by atomic mass is 9.72. The van der Waals surface area contributed by atoms with Crippen LogP contribution in [-0.2, 0) is 10.2 Å². The Kier molecular flexibility index (Phi) is 9.79. The highest BCUT2D eigenvalue weighted by Gasteiger charge is 2.35. The number of ether oxygens (including phenoxy) is 1. The molecule has 0 aliphatic carbocycles. The number of benzene rings is 1. The molecule has 0 amide bonds. The smallest absolute Gasteiger partial charge is 0.191 e. The van der Waals surface area contributed by atoms with Crippen molar-refractivity contribution >= 4 is 29.9 Å². The van der Waals surface area contributed by atoms with E-state index >= 15 is 0 Å². The highest BCUT2D eigenvalue weighted by Crippen LogP contribution is 2.37. The van der Waals surface area contributed by atoms with E-state index < -0.39 is 0 Å². The summed E-state index contributed by atoms with van der Waals surface area (Å²) >= 11 is 0. The minimum atomic E-state index is 0. The summed E-state index contributed by atoms with van der Waals surface area (Å²) in [7, 11) is 0. The topological polar surface area (TPSA) is 45.7 Å². The summed E-state index contributed by atoms with van der Waals surface area (Å²) < 4.78 is 5.64. The Balaban J connectivity index is 0.00000312. The summed E-state index contributed by atoms with van der Waals surface area (Å²) in [6.07, 6.45) is 3.15. The van der Waals surface area contributed by atoms with Gasteiger partial charge in [-0.15, -0.1) is 24.0 Å². The summed E-state index contributed by atoms with van der Waals surface area (Å²) in [5.74, 6) is 0.923. The minimum absolute atomic E-state index is 0. The first-order chi connectivity index (χ1) is 11.6. The number of guanidine groups is 1. The number of aryl methyl sites for hydroxylation is 1. The van der Waals surface area contributed by atoms with Gasteiger partial charge in [0.25, 0.3) is 0 Å². The second-order valence-corrected chi connectivity index (χ2v) is 6.86. The third kappa shape index (κ3) is 6.13. The van der Waals surface area contributed by atoms with Gasteiger partial charge in [0.05, 0.1) is 6.54 Å². The average molecular weight is 459 g/mol. The van der Waals surface area contributed by atoms with E-state index in [0.29, 0.717) is 6.04 Å². The van der Waals surface area contributed by atoms with Crippen LogP contribution in [0.5, 0.6) is 0 Å². The van der Waals surface area contributed by atoms with Crippen LogP contribution in [0, 0.1) is 6.92 Å². The molecule has 1 aromatic rings. The highest BCUT2D eigenvalue weighted by molar-refractivity contribution is 14.0. The molecule has 0 saturated carbocycles. The lowest BCUT2D eigenvalue weighted by Crippen LogP contribution is -2.44. The molecule has 0 bridgehead atoms. The van der Waals surface area contributed by atoms with E-state index in [0.717, 1.165) is 51.5 Å². The van der Waals surface area contributed by atoms with Gasteiger partial charge in [0.1, 0.15) is 0 Å². The summed E-state index contributed by atoms with van der Waals surface area (Å²) in [4.78, 5) is 4.95. The lowest BCUT2D eigenvalue weighted by molar-refractivity contribution is 0.0529. The molecule has 0 radical (unpaired) electrons. The van der Waals surface area contributed by atoms with Crippen LogP contribution in [0.2, 0.25) is 0 Å². The molecule has 1 saturated heterocycles. The maximum atomic E-state index is 5.64. The van der Waals surface area contributed by atoms with E-state index in [-0.39, 0.29) is 29.4 Å². The SMILES string of the molecule is CCNC(=NCC1(c2ccccc2C)CCOCC1)NC(C)CC.I. The van der Waals surface area contributed by atoms with Crippen molar-refractivity contribution in [2.75, 3.05) is 26.3 Å². The first-order valence-electron chi connectivity index (χ1n) is 9.30. The molecule has 142 valence electrons. The van der Waals surface area contributed by atoms with Crippen LogP contribution >= 0.6 is 24.0 Å². The monoisotopic (exact) mass is 459 g/mol. The quantitative estimate of drug-likeness (QED) is 0.384. The molecule has 5 heteroatoms. The Morgan fingerprint density at radius 1 is 1.24 bits per heavy atom. The van der Waals surface area contributed by atoms with Gasteiger partial charge in [-0.25, -0.2) is 0 Å². The molecule has 1 aromatic carbocycles. The van der Waals surface area contributed by atoms with Crippen molar-refractivity contribution < 1.29 is 4.74 Å². The first-order valence-corrected chi connectivity index (χ1v) is 9.30. The number of hydrogen-bond donors (Lipinski definition) is 2. The fraction of sp³-hybridized carbons (Fsp3) is 0.650. The van der Waals surface area contributed by atoms with Crippen LogP contribution in [0.25, 0.3) is 0 Å². The maximum absolute atomic E-state index is 5.64. The summed E-state index contributed by atoms with van der Waals surface area (Å²) in [6.45, 7) is 12.0. The summed E-state index contributed by atoms with van der Waals surface area (Å²) in [6, 6.07) is 9.16. The minimum Gasteiger partial charge on any atom is -0.381 e. The Labute approximate surface area is 170 Å². The third-order valence-electron chi connectivity index (χ3n) is 5.05. The number of rotatable bonds is 6. The van der Waals surface area contributed by atoms with Crippen LogP contribution in [0.4, 0.5) is 0 Å². The molecule has 1 aliphatic heterocycles. The zero-order chi connectivity index (χ0) is 17.4. The van der Waals surface area contributed by atoms with E-state index in [2.05, 4.69) is 62.6 Å². The van der Waals surface area contributed by atoms with Gasteiger partial charge in [-0.2, -0.15) is 0 Å².